The van der Waals surface area contributed by atoms with Crippen LogP contribution in [0.15, 0.2) is 30.3 Å². The SMILES string of the molecule is CC(C)C(C(O)c1ccccc1)N1CCN(C)C(C)(C)C1. The van der Waals surface area contributed by atoms with E-state index in [0.29, 0.717) is 5.92 Å². The van der Waals surface area contributed by atoms with Gasteiger partial charge in [-0.25, -0.2) is 0 Å². The molecule has 2 rings (SSSR count). The molecule has 0 bridgehead atoms. The molecule has 0 aliphatic carbocycles. The average molecular weight is 290 g/mol. The Kier molecular flexibility index (Phi) is 5.07. The summed E-state index contributed by atoms with van der Waals surface area (Å²) in [6, 6.07) is 10.2. The van der Waals surface area contributed by atoms with Gasteiger partial charge in [-0.3, -0.25) is 9.80 Å². The minimum atomic E-state index is -0.426. The normalized spacial score (nSPS) is 23.2. The molecule has 0 radical (unpaired) electrons. The van der Waals surface area contributed by atoms with E-state index < -0.39 is 6.10 Å². The maximum absolute atomic E-state index is 10.9. The van der Waals surface area contributed by atoms with E-state index in [0.717, 1.165) is 25.2 Å². The number of hydrogen-bond donors (Lipinski definition) is 1. The second-order valence-electron chi connectivity index (χ2n) is 7.29. The van der Waals surface area contributed by atoms with Gasteiger partial charge >= 0.3 is 0 Å². The van der Waals surface area contributed by atoms with Crippen molar-refractivity contribution >= 4 is 0 Å². The third-order valence-corrected chi connectivity index (χ3v) is 4.92. The Morgan fingerprint density at radius 3 is 2.24 bits per heavy atom. The van der Waals surface area contributed by atoms with E-state index >= 15 is 0 Å². The topological polar surface area (TPSA) is 26.7 Å². The summed E-state index contributed by atoms with van der Waals surface area (Å²) in [7, 11) is 2.19. The van der Waals surface area contributed by atoms with Crippen molar-refractivity contribution in [3.05, 3.63) is 35.9 Å². The zero-order valence-electron chi connectivity index (χ0n) is 14.1. The van der Waals surface area contributed by atoms with Gasteiger partial charge in [0.2, 0.25) is 0 Å². The number of hydrogen-bond acceptors (Lipinski definition) is 3. The molecule has 1 aliphatic rings. The van der Waals surface area contributed by atoms with Crippen molar-refractivity contribution in [1.82, 2.24) is 9.80 Å². The van der Waals surface area contributed by atoms with Gasteiger partial charge in [0.05, 0.1) is 6.10 Å². The van der Waals surface area contributed by atoms with Crippen LogP contribution in [-0.2, 0) is 0 Å². The van der Waals surface area contributed by atoms with E-state index in [4.69, 9.17) is 0 Å². The Morgan fingerprint density at radius 1 is 1.10 bits per heavy atom. The highest BCUT2D eigenvalue weighted by atomic mass is 16.3. The molecule has 2 atom stereocenters. The van der Waals surface area contributed by atoms with E-state index in [2.05, 4.69) is 44.5 Å². The van der Waals surface area contributed by atoms with Gasteiger partial charge in [-0.2, -0.15) is 0 Å². The van der Waals surface area contributed by atoms with E-state index in [1.54, 1.807) is 0 Å². The van der Waals surface area contributed by atoms with Crippen LogP contribution in [0, 0.1) is 5.92 Å². The Labute approximate surface area is 129 Å². The molecule has 2 unspecified atom stereocenters. The number of benzene rings is 1. The predicted octanol–water partition coefficient (Wildman–Crippen LogP) is 2.77. The summed E-state index contributed by atoms with van der Waals surface area (Å²) in [4.78, 5) is 4.89. The van der Waals surface area contributed by atoms with Crippen molar-refractivity contribution in [3.63, 3.8) is 0 Å². The van der Waals surface area contributed by atoms with Crippen molar-refractivity contribution in [2.45, 2.75) is 45.4 Å². The van der Waals surface area contributed by atoms with Crippen LogP contribution in [0.5, 0.6) is 0 Å². The fraction of sp³-hybridized carbons (Fsp3) is 0.667. The molecule has 1 saturated heterocycles. The molecule has 0 amide bonds. The van der Waals surface area contributed by atoms with Gasteiger partial charge in [-0.1, -0.05) is 44.2 Å². The standard InChI is InChI=1S/C18H30N2O/c1-14(2)16(17(21)15-9-7-6-8-10-15)20-12-11-19(5)18(3,4)13-20/h6-10,14,16-17,21H,11-13H2,1-5H3. The van der Waals surface area contributed by atoms with Crippen LogP contribution in [0.1, 0.15) is 39.4 Å². The Morgan fingerprint density at radius 2 is 1.71 bits per heavy atom. The molecular formula is C18H30N2O. The highest BCUT2D eigenvalue weighted by Crippen LogP contribution is 2.30. The summed E-state index contributed by atoms with van der Waals surface area (Å²) in [5, 5.41) is 10.9. The van der Waals surface area contributed by atoms with Crippen molar-refractivity contribution in [2.24, 2.45) is 5.92 Å². The zero-order valence-corrected chi connectivity index (χ0v) is 14.1. The van der Waals surface area contributed by atoms with Gasteiger partial charge in [0.25, 0.3) is 0 Å². The van der Waals surface area contributed by atoms with Gasteiger partial charge in [0, 0.05) is 31.2 Å². The lowest BCUT2D eigenvalue weighted by Gasteiger charge is -2.49. The van der Waals surface area contributed by atoms with Crippen molar-refractivity contribution in [1.29, 1.82) is 0 Å². The van der Waals surface area contributed by atoms with Crippen LogP contribution in [0.4, 0.5) is 0 Å². The molecule has 1 aromatic carbocycles. The highest BCUT2D eigenvalue weighted by Gasteiger charge is 2.38. The molecule has 1 heterocycles. The summed E-state index contributed by atoms with van der Waals surface area (Å²) < 4.78 is 0. The molecule has 1 aliphatic heterocycles. The monoisotopic (exact) mass is 290 g/mol. The smallest absolute Gasteiger partial charge is 0.0947 e. The quantitative estimate of drug-likeness (QED) is 0.923. The summed E-state index contributed by atoms with van der Waals surface area (Å²) >= 11 is 0. The molecule has 1 aromatic rings. The van der Waals surface area contributed by atoms with Crippen molar-refractivity contribution in [3.8, 4) is 0 Å². The summed E-state index contributed by atoms with van der Waals surface area (Å²) in [5.41, 5.74) is 1.18. The lowest BCUT2D eigenvalue weighted by Crippen LogP contribution is -2.61. The average Bonchev–Trinajstić information content (AvgIpc) is 2.43. The second kappa shape index (κ2) is 6.47. The summed E-state index contributed by atoms with van der Waals surface area (Å²) in [5.74, 6) is 0.416. The molecule has 0 aromatic heterocycles. The molecule has 3 nitrogen and oxygen atoms in total. The first-order valence-corrected chi connectivity index (χ1v) is 8.01. The maximum atomic E-state index is 10.9. The number of aliphatic hydroxyl groups is 1. The van der Waals surface area contributed by atoms with E-state index in [-0.39, 0.29) is 11.6 Å². The van der Waals surface area contributed by atoms with Crippen LogP contribution in [0.25, 0.3) is 0 Å². The zero-order chi connectivity index (χ0) is 15.6. The number of likely N-dealkylation sites (N-methyl/N-ethyl adjacent to an activating group) is 1. The molecule has 1 N–H and O–H groups in total. The van der Waals surface area contributed by atoms with Crippen molar-refractivity contribution in [2.75, 3.05) is 26.7 Å². The largest absolute Gasteiger partial charge is 0.387 e. The van der Waals surface area contributed by atoms with Crippen LogP contribution in [-0.4, -0.2) is 53.2 Å². The second-order valence-corrected chi connectivity index (χ2v) is 7.29. The number of rotatable bonds is 4. The van der Waals surface area contributed by atoms with Gasteiger partial charge in [0.15, 0.2) is 0 Å². The highest BCUT2D eigenvalue weighted by molar-refractivity contribution is 5.19. The minimum absolute atomic E-state index is 0.155. The Hall–Kier alpha value is -0.900. The van der Waals surface area contributed by atoms with Crippen molar-refractivity contribution < 1.29 is 5.11 Å². The van der Waals surface area contributed by atoms with Gasteiger partial charge in [0.1, 0.15) is 0 Å². The van der Waals surface area contributed by atoms with Crippen LogP contribution in [0.3, 0.4) is 0 Å². The molecule has 1 fully saturated rings. The third-order valence-electron chi connectivity index (χ3n) is 4.92. The van der Waals surface area contributed by atoms with E-state index in [1.165, 1.54) is 0 Å². The van der Waals surface area contributed by atoms with Crippen LogP contribution >= 0.6 is 0 Å². The minimum Gasteiger partial charge on any atom is -0.387 e. The first-order valence-electron chi connectivity index (χ1n) is 8.01. The van der Waals surface area contributed by atoms with Crippen LogP contribution < -0.4 is 0 Å². The summed E-state index contributed by atoms with van der Waals surface area (Å²) in [6.07, 6.45) is -0.426. The molecule has 3 heteroatoms. The first-order chi connectivity index (χ1) is 9.83. The fourth-order valence-corrected chi connectivity index (χ4v) is 3.37. The van der Waals surface area contributed by atoms with Gasteiger partial charge in [-0.05, 0) is 32.4 Å². The summed E-state index contributed by atoms with van der Waals surface area (Å²) in [6.45, 7) is 12.1. The molecule has 0 saturated carbocycles. The van der Waals surface area contributed by atoms with Crippen LogP contribution in [0.2, 0.25) is 0 Å². The number of piperazine rings is 1. The first kappa shape index (κ1) is 16.5. The van der Waals surface area contributed by atoms with Gasteiger partial charge < -0.3 is 5.11 Å². The van der Waals surface area contributed by atoms with E-state index in [1.807, 2.05) is 30.3 Å². The Balaban J connectivity index is 2.20. The molecule has 118 valence electrons. The lowest BCUT2D eigenvalue weighted by molar-refractivity contribution is -0.0400. The fourth-order valence-electron chi connectivity index (χ4n) is 3.37. The number of aliphatic hydroxyl groups excluding tert-OH is 1. The Bertz CT molecular complexity index is 444. The molecule has 0 spiro atoms. The number of nitrogens with zero attached hydrogens (tertiary/aromatic N) is 2. The maximum Gasteiger partial charge on any atom is 0.0947 e. The lowest BCUT2D eigenvalue weighted by atomic mass is 9.89. The molecular weight excluding hydrogens is 260 g/mol. The third kappa shape index (κ3) is 3.65. The predicted molar refractivity (Wildman–Crippen MR) is 88.3 cm³/mol. The van der Waals surface area contributed by atoms with Gasteiger partial charge in [-0.15, -0.1) is 0 Å². The molecule has 21 heavy (non-hydrogen) atoms. The van der Waals surface area contributed by atoms with E-state index in [9.17, 15) is 5.11 Å².